The van der Waals surface area contributed by atoms with E-state index >= 15 is 0 Å². The number of benzene rings is 1. The van der Waals surface area contributed by atoms with Gasteiger partial charge in [-0.25, -0.2) is 8.78 Å². The third-order valence-corrected chi connectivity index (χ3v) is 2.10. The molecule has 0 saturated carbocycles. The summed E-state index contributed by atoms with van der Waals surface area (Å²) in [4.78, 5) is 0. The summed E-state index contributed by atoms with van der Waals surface area (Å²) in [6.07, 6.45) is -3.74. The molecule has 0 aliphatic carbocycles. The zero-order valence-electron chi connectivity index (χ0n) is 7.25. The van der Waals surface area contributed by atoms with Crippen molar-refractivity contribution >= 4 is 11.6 Å². The maximum atomic E-state index is 12.5. The normalized spacial score (nSPS) is 13.3. The van der Waals surface area contributed by atoms with Gasteiger partial charge in [-0.1, -0.05) is 17.7 Å². The van der Waals surface area contributed by atoms with Crippen LogP contribution in [0, 0.1) is 0 Å². The summed E-state index contributed by atoms with van der Waals surface area (Å²) < 4.78 is 24.9. The highest BCUT2D eigenvalue weighted by Crippen LogP contribution is 2.29. The first kappa shape index (κ1) is 11.4. The van der Waals surface area contributed by atoms with E-state index in [1.165, 1.54) is 18.2 Å². The fourth-order valence-electron chi connectivity index (χ4n) is 1.16. The second kappa shape index (κ2) is 4.68. The van der Waals surface area contributed by atoms with E-state index in [9.17, 15) is 13.9 Å². The van der Waals surface area contributed by atoms with Crippen LogP contribution in [-0.2, 0) is 0 Å². The molecule has 0 heterocycles. The molecule has 0 amide bonds. The van der Waals surface area contributed by atoms with Crippen molar-refractivity contribution in [3.63, 3.8) is 0 Å². The molecular weight excluding hydrogens is 212 g/mol. The first-order chi connectivity index (χ1) is 6.56. The lowest BCUT2D eigenvalue weighted by Gasteiger charge is -2.13. The van der Waals surface area contributed by atoms with Gasteiger partial charge in [0.05, 0.1) is 6.10 Å². The van der Waals surface area contributed by atoms with Gasteiger partial charge in [-0.05, 0) is 17.7 Å². The quantitative estimate of drug-likeness (QED) is 0.823. The molecule has 0 fully saturated rings. The monoisotopic (exact) mass is 221 g/mol. The molecule has 1 aromatic rings. The van der Waals surface area contributed by atoms with Crippen molar-refractivity contribution in [2.24, 2.45) is 5.73 Å². The van der Waals surface area contributed by atoms with Crippen LogP contribution in [0.2, 0.25) is 5.02 Å². The third-order valence-electron chi connectivity index (χ3n) is 1.87. The Balaban J connectivity index is 3.15. The van der Waals surface area contributed by atoms with Crippen LogP contribution in [0.1, 0.15) is 23.7 Å². The molecule has 14 heavy (non-hydrogen) atoms. The third kappa shape index (κ3) is 2.41. The van der Waals surface area contributed by atoms with Crippen LogP contribution in [0.3, 0.4) is 0 Å². The molecule has 78 valence electrons. The summed E-state index contributed by atoms with van der Waals surface area (Å²) in [6, 6.07) is 3.86. The minimum atomic E-state index is -2.64. The highest BCUT2D eigenvalue weighted by molar-refractivity contribution is 6.30. The standard InChI is InChI=1S/C9H10ClF2NO/c10-5-1-2-6(9(11)12)7(3-5)8(14)4-13/h1-3,8-9,14H,4,13H2. The molecule has 0 aromatic heterocycles. The van der Waals surface area contributed by atoms with Crippen molar-refractivity contribution in [2.75, 3.05) is 6.54 Å². The first-order valence-electron chi connectivity index (χ1n) is 4.02. The van der Waals surface area contributed by atoms with Gasteiger partial charge >= 0.3 is 0 Å². The van der Waals surface area contributed by atoms with Gasteiger partial charge in [0, 0.05) is 17.1 Å². The Labute approximate surface area is 85.3 Å². The summed E-state index contributed by atoms with van der Waals surface area (Å²) in [5.41, 5.74) is 5.05. The van der Waals surface area contributed by atoms with Gasteiger partial charge in [-0.2, -0.15) is 0 Å². The number of aliphatic hydroxyl groups excluding tert-OH is 1. The minimum Gasteiger partial charge on any atom is -0.387 e. The predicted octanol–water partition coefficient (Wildman–Crippen LogP) is 2.27. The summed E-state index contributed by atoms with van der Waals surface area (Å²) in [5.74, 6) is 0. The average Bonchev–Trinajstić information content (AvgIpc) is 2.16. The molecule has 2 nitrogen and oxygen atoms in total. The van der Waals surface area contributed by atoms with Crippen LogP contribution in [0.4, 0.5) is 8.78 Å². The van der Waals surface area contributed by atoms with Crippen molar-refractivity contribution in [3.05, 3.63) is 34.3 Å². The van der Waals surface area contributed by atoms with Crippen LogP contribution in [-0.4, -0.2) is 11.7 Å². The molecule has 0 aliphatic rings. The number of halogens is 3. The van der Waals surface area contributed by atoms with Crippen LogP contribution >= 0.6 is 11.6 Å². The lowest BCUT2D eigenvalue weighted by Crippen LogP contribution is -2.13. The molecule has 5 heteroatoms. The molecule has 1 aromatic carbocycles. The second-order valence-electron chi connectivity index (χ2n) is 2.83. The van der Waals surface area contributed by atoms with E-state index in [0.717, 1.165) is 0 Å². The van der Waals surface area contributed by atoms with E-state index in [1.807, 2.05) is 0 Å². The van der Waals surface area contributed by atoms with E-state index in [0.29, 0.717) is 5.02 Å². The van der Waals surface area contributed by atoms with Crippen LogP contribution in [0.25, 0.3) is 0 Å². The van der Waals surface area contributed by atoms with E-state index in [-0.39, 0.29) is 17.7 Å². The van der Waals surface area contributed by atoms with E-state index < -0.39 is 12.5 Å². The highest BCUT2D eigenvalue weighted by Gasteiger charge is 2.17. The number of hydrogen-bond donors (Lipinski definition) is 2. The zero-order valence-corrected chi connectivity index (χ0v) is 8.01. The number of hydrogen-bond acceptors (Lipinski definition) is 2. The minimum absolute atomic E-state index is 0.0926. The molecular formula is C9H10ClF2NO. The van der Waals surface area contributed by atoms with Crippen LogP contribution in [0.5, 0.6) is 0 Å². The number of nitrogens with two attached hydrogens (primary N) is 1. The molecule has 1 rings (SSSR count). The summed E-state index contributed by atoms with van der Waals surface area (Å²) >= 11 is 5.63. The lowest BCUT2D eigenvalue weighted by molar-refractivity contribution is 0.138. The number of alkyl halides is 2. The average molecular weight is 222 g/mol. The zero-order chi connectivity index (χ0) is 10.7. The van der Waals surface area contributed by atoms with Crippen LogP contribution in [0.15, 0.2) is 18.2 Å². The fraction of sp³-hybridized carbons (Fsp3) is 0.333. The van der Waals surface area contributed by atoms with Gasteiger partial charge < -0.3 is 10.8 Å². The predicted molar refractivity (Wildman–Crippen MR) is 50.4 cm³/mol. The number of aliphatic hydroxyl groups is 1. The number of rotatable bonds is 3. The van der Waals surface area contributed by atoms with Crippen LogP contribution < -0.4 is 5.73 Å². The fourth-order valence-corrected chi connectivity index (χ4v) is 1.34. The van der Waals surface area contributed by atoms with Gasteiger partial charge in [0.15, 0.2) is 0 Å². The molecule has 1 atom stereocenters. The highest BCUT2D eigenvalue weighted by atomic mass is 35.5. The summed E-state index contributed by atoms with van der Waals surface area (Å²) in [5, 5.41) is 9.67. The maximum Gasteiger partial charge on any atom is 0.264 e. The first-order valence-corrected chi connectivity index (χ1v) is 4.39. The topological polar surface area (TPSA) is 46.2 Å². The molecule has 0 saturated heterocycles. The maximum absolute atomic E-state index is 12.5. The van der Waals surface area contributed by atoms with E-state index in [1.54, 1.807) is 0 Å². The van der Waals surface area contributed by atoms with Gasteiger partial charge in [0.1, 0.15) is 0 Å². The lowest BCUT2D eigenvalue weighted by atomic mass is 10.0. The van der Waals surface area contributed by atoms with Crippen molar-refractivity contribution in [3.8, 4) is 0 Å². The Morgan fingerprint density at radius 1 is 1.36 bits per heavy atom. The van der Waals surface area contributed by atoms with E-state index in [4.69, 9.17) is 17.3 Å². The van der Waals surface area contributed by atoms with Crippen molar-refractivity contribution < 1.29 is 13.9 Å². The molecule has 1 unspecified atom stereocenters. The molecule has 3 N–H and O–H groups in total. The van der Waals surface area contributed by atoms with Gasteiger partial charge in [0.2, 0.25) is 0 Å². The van der Waals surface area contributed by atoms with Crippen molar-refractivity contribution in [1.29, 1.82) is 0 Å². The van der Waals surface area contributed by atoms with Crippen molar-refractivity contribution in [2.45, 2.75) is 12.5 Å². The van der Waals surface area contributed by atoms with Crippen molar-refractivity contribution in [1.82, 2.24) is 0 Å². The van der Waals surface area contributed by atoms with Gasteiger partial charge in [-0.15, -0.1) is 0 Å². The Morgan fingerprint density at radius 2 is 2.00 bits per heavy atom. The Hall–Kier alpha value is -0.710. The molecule has 0 spiro atoms. The summed E-state index contributed by atoms with van der Waals surface area (Å²) in [7, 11) is 0. The van der Waals surface area contributed by atoms with Gasteiger partial charge in [0.25, 0.3) is 6.43 Å². The Morgan fingerprint density at radius 3 is 2.50 bits per heavy atom. The Kier molecular flexibility index (Phi) is 3.80. The second-order valence-corrected chi connectivity index (χ2v) is 3.26. The SMILES string of the molecule is NCC(O)c1cc(Cl)ccc1C(F)F. The van der Waals surface area contributed by atoms with Gasteiger partial charge in [-0.3, -0.25) is 0 Å². The molecule has 0 bridgehead atoms. The smallest absolute Gasteiger partial charge is 0.264 e. The molecule has 0 radical (unpaired) electrons. The summed E-state index contributed by atoms with van der Waals surface area (Å²) in [6.45, 7) is -0.111. The molecule has 0 aliphatic heterocycles. The van der Waals surface area contributed by atoms with E-state index in [2.05, 4.69) is 0 Å². The largest absolute Gasteiger partial charge is 0.387 e. The Bertz CT molecular complexity index is 320.